The lowest BCUT2D eigenvalue weighted by molar-refractivity contribution is -0.140. The van der Waals surface area contributed by atoms with E-state index in [0.29, 0.717) is 12.3 Å². The summed E-state index contributed by atoms with van der Waals surface area (Å²) in [4.78, 5) is 11.4. The SMILES string of the molecule is CCCCCCCCCCCCC(C)(C)N[C@@H](CC(C)C)C(=O)O. The number of carboxylic acid groups (broad SMARTS) is 1. The molecule has 3 nitrogen and oxygen atoms in total. The minimum absolute atomic E-state index is 0.0991. The first kappa shape index (κ1) is 23.4. The van der Waals surface area contributed by atoms with E-state index in [9.17, 15) is 9.90 Å². The first-order valence-corrected chi connectivity index (χ1v) is 10.3. The number of aliphatic carboxylic acids is 1. The first-order chi connectivity index (χ1) is 11.3. The monoisotopic (exact) mass is 341 g/mol. The quantitative estimate of drug-likeness (QED) is 0.330. The Morgan fingerprint density at radius 3 is 1.79 bits per heavy atom. The van der Waals surface area contributed by atoms with E-state index in [1.807, 2.05) is 0 Å². The number of hydrogen-bond acceptors (Lipinski definition) is 2. The molecule has 0 saturated heterocycles. The van der Waals surface area contributed by atoms with Crippen molar-refractivity contribution < 1.29 is 9.90 Å². The summed E-state index contributed by atoms with van der Waals surface area (Å²) < 4.78 is 0. The van der Waals surface area contributed by atoms with Crippen LogP contribution in [0.2, 0.25) is 0 Å². The smallest absolute Gasteiger partial charge is 0.320 e. The molecule has 0 amide bonds. The summed E-state index contributed by atoms with van der Waals surface area (Å²) in [6.45, 7) is 10.7. The van der Waals surface area contributed by atoms with Crippen LogP contribution in [0.1, 0.15) is 112 Å². The van der Waals surface area contributed by atoms with E-state index < -0.39 is 12.0 Å². The van der Waals surface area contributed by atoms with Crippen molar-refractivity contribution in [3.63, 3.8) is 0 Å². The molecule has 2 N–H and O–H groups in total. The molecule has 0 fully saturated rings. The van der Waals surface area contributed by atoms with Crippen LogP contribution in [0, 0.1) is 5.92 Å². The van der Waals surface area contributed by atoms with Gasteiger partial charge in [0.2, 0.25) is 0 Å². The van der Waals surface area contributed by atoms with E-state index in [1.165, 1.54) is 64.2 Å². The van der Waals surface area contributed by atoms with E-state index >= 15 is 0 Å². The molecule has 0 heterocycles. The van der Waals surface area contributed by atoms with Crippen molar-refractivity contribution in [1.82, 2.24) is 5.32 Å². The molecule has 0 bridgehead atoms. The van der Waals surface area contributed by atoms with Gasteiger partial charge in [-0.25, -0.2) is 0 Å². The highest BCUT2D eigenvalue weighted by Gasteiger charge is 2.26. The molecule has 0 spiro atoms. The predicted molar refractivity (Wildman–Crippen MR) is 105 cm³/mol. The Morgan fingerprint density at radius 1 is 0.917 bits per heavy atom. The molecule has 0 aromatic rings. The fourth-order valence-corrected chi connectivity index (χ4v) is 3.29. The minimum Gasteiger partial charge on any atom is -0.480 e. The third-order valence-corrected chi connectivity index (χ3v) is 4.73. The summed E-state index contributed by atoms with van der Waals surface area (Å²) in [5.41, 5.74) is -0.0991. The van der Waals surface area contributed by atoms with E-state index in [2.05, 4.69) is 39.9 Å². The van der Waals surface area contributed by atoms with Gasteiger partial charge in [0.05, 0.1) is 0 Å². The van der Waals surface area contributed by atoms with Crippen molar-refractivity contribution in [3.8, 4) is 0 Å². The van der Waals surface area contributed by atoms with Gasteiger partial charge >= 0.3 is 5.97 Å². The van der Waals surface area contributed by atoms with Crippen LogP contribution >= 0.6 is 0 Å². The van der Waals surface area contributed by atoms with Gasteiger partial charge in [-0.1, -0.05) is 85.0 Å². The third kappa shape index (κ3) is 13.8. The van der Waals surface area contributed by atoms with E-state index in [1.54, 1.807) is 0 Å². The second kappa shape index (κ2) is 13.7. The molecule has 0 aliphatic carbocycles. The van der Waals surface area contributed by atoms with Crippen LogP contribution in [-0.2, 0) is 4.79 Å². The van der Waals surface area contributed by atoms with Gasteiger partial charge in [-0.2, -0.15) is 0 Å². The molecule has 0 rings (SSSR count). The zero-order valence-corrected chi connectivity index (χ0v) is 17.0. The largest absolute Gasteiger partial charge is 0.480 e. The average Bonchev–Trinajstić information content (AvgIpc) is 2.47. The van der Waals surface area contributed by atoms with Gasteiger partial charge < -0.3 is 5.11 Å². The van der Waals surface area contributed by atoms with Crippen molar-refractivity contribution in [3.05, 3.63) is 0 Å². The molecule has 24 heavy (non-hydrogen) atoms. The fourth-order valence-electron chi connectivity index (χ4n) is 3.29. The summed E-state index contributed by atoms with van der Waals surface area (Å²) in [5.74, 6) is -0.327. The highest BCUT2D eigenvalue weighted by Crippen LogP contribution is 2.18. The number of carbonyl (C=O) groups is 1. The van der Waals surface area contributed by atoms with Gasteiger partial charge in [-0.15, -0.1) is 0 Å². The number of rotatable bonds is 16. The van der Waals surface area contributed by atoms with Crippen molar-refractivity contribution in [2.75, 3.05) is 0 Å². The molecule has 0 aliphatic rings. The fraction of sp³-hybridized carbons (Fsp3) is 0.952. The molecule has 0 saturated carbocycles. The van der Waals surface area contributed by atoms with Crippen molar-refractivity contribution >= 4 is 5.97 Å². The summed E-state index contributed by atoms with van der Waals surface area (Å²) in [5, 5.41) is 12.7. The van der Waals surface area contributed by atoms with Gasteiger partial charge in [0, 0.05) is 5.54 Å². The molecule has 0 aromatic carbocycles. The van der Waals surface area contributed by atoms with Crippen LogP contribution in [0.5, 0.6) is 0 Å². The summed E-state index contributed by atoms with van der Waals surface area (Å²) in [7, 11) is 0. The van der Waals surface area contributed by atoms with Gasteiger partial charge in [0.25, 0.3) is 0 Å². The number of nitrogens with one attached hydrogen (secondary N) is 1. The Morgan fingerprint density at radius 2 is 1.38 bits per heavy atom. The maximum Gasteiger partial charge on any atom is 0.320 e. The van der Waals surface area contributed by atoms with Crippen LogP contribution in [0.15, 0.2) is 0 Å². The van der Waals surface area contributed by atoms with E-state index in [0.717, 1.165) is 6.42 Å². The summed E-state index contributed by atoms with van der Waals surface area (Å²) in [6, 6.07) is -0.428. The lowest BCUT2D eigenvalue weighted by Crippen LogP contribution is -2.50. The zero-order chi connectivity index (χ0) is 18.4. The topological polar surface area (TPSA) is 49.3 Å². The number of unbranched alkanes of at least 4 members (excludes halogenated alkanes) is 9. The maximum atomic E-state index is 11.4. The van der Waals surface area contributed by atoms with Crippen LogP contribution in [-0.4, -0.2) is 22.7 Å². The number of carboxylic acids is 1. The molecule has 0 radical (unpaired) electrons. The Labute approximate surface area is 151 Å². The second-order valence-electron chi connectivity index (χ2n) is 8.48. The van der Waals surface area contributed by atoms with E-state index in [4.69, 9.17) is 0 Å². The summed E-state index contributed by atoms with van der Waals surface area (Å²) >= 11 is 0. The standard InChI is InChI=1S/C21H43NO2/c1-6-7-8-9-10-11-12-13-14-15-16-21(4,5)22-19(20(23)24)17-18(2)3/h18-19,22H,6-17H2,1-5H3,(H,23,24)/t19-/m0/s1. The Balaban J connectivity index is 3.77. The molecule has 0 unspecified atom stereocenters. The number of hydrogen-bond donors (Lipinski definition) is 2. The Bertz CT molecular complexity index is 313. The summed E-state index contributed by atoms with van der Waals surface area (Å²) in [6.07, 6.45) is 15.1. The van der Waals surface area contributed by atoms with Gasteiger partial charge in [-0.05, 0) is 32.6 Å². The molecule has 0 aromatic heterocycles. The van der Waals surface area contributed by atoms with Crippen molar-refractivity contribution in [2.45, 2.75) is 123 Å². The normalized spacial score (nSPS) is 13.4. The zero-order valence-electron chi connectivity index (χ0n) is 17.0. The highest BCUT2D eigenvalue weighted by atomic mass is 16.4. The van der Waals surface area contributed by atoms with Gasteiger partial charge in [0.15, 0.2) is 0 Å². The molecule has 0 aliphatic heterocycles. The van der Waals surface area contributed by atoms with Crippen LogP contribution in [0.25, 0.3) is 0 Å². The van der Waals surface area contributed by atoms with Crippen LogP contribution in [0.3, 0.4) is 0 Å². The molecule has 3 heteroatoms. The predicted octanol–water partition coefficient (Wildman–Crippen LogP) is 6.16. The lowest BCUT2D eigenvalue weighted by atomic mass is 9.93. The van der Waals surface area contributed by atoms with Crippen molar-refractivity contribution in [2.24, 2.45) is 5.92 Å². The first-order valence-electron chi connectivity index (χ1n) is 10.3. The highest BCUT2D eigenvalue weighted by molar-refractivity contribution is 5.73. The Hall–Kier alpha value is -0.570. The second-order valence-corrected chi connectivity index (χ2v) is 8.48. The van der Waals surface area contributed by atoms with Gasteiger partial charge in [-0.3, -0.25) is 10.1 Å². The van der Waals surface area contributed by atoms with Gasteiger partial charge in [0.1, 0.15) is 6.04 Å². The minimum atomic E-state index is -0.722. The van der Waals surface area contributed by atoms with Crippen LogP contribution < -0.4 is 5.32 Å². The third-order valence-electron chi connectivity index (χ3n) is 4.73. The molecule has 1 atom stereocenters. The lowest BCUT2D eigenvalue weighted by Gasteiger charge is -2.31. The maximum absolute atomic E-state index is 11.4. The molecular weight excluding hydrogens is 298 g/mol. The van der Waals surface area contributed by atoms with Crippen LogP contribution in [0.4, 0.5) is 0 Å². The molecule has 144 valence electrons. The van der Waals surface area contributed by atoms with E-state index in [-0.39, 0.29) is 5.54 Å². The average molecular weight is 342 g/mol. The molecular formula is C21H43NO2. The Kier molecular flexibility index (Phi) is 13.4. The van der Waals surface area contributed by atoms with Crippen molar-refractivity contribution in [1.29, 1.82) is 0 Å².